The maximum Gasteiger partial charge on any atom is 0.338 e. The molecule has 0 saturated carbocycles. The van der Waals surface area contributed by atoms with Gasteiger partial charge >= 0.3 is 5.97 Å². The van der Waals surface area contributed by atoms with Gasteiger partial charge in [-0.25, -0.2) is 4.79 Å². The first-order valence-corrected chi connectivity index (χ1v) is 4.62. The minimum atomic E-state index is -0.857. The van der Waals surface area contributed by atoms with E-state index in [1.807, 2.05) is 6.92 Å². The molecule has 0 bridgehead atoms. The number of aryl methyl sites for hydroxylation is 2. The molecule has 0 aliphatic heterocycles. The number of aromatic carboxylic acids is 1. The van der Waals surface area contributed by atoms with E-state index in [-0.39, 0.29) is 0 Å². The maximum absolute atomic E-state index is 10.7. The fourth-order valence-corrected chi connectivity index (χ4v) is 1.83. The third-order valence-corrected chi connectivity index (χ3v) is 2.42. The molecule has 0 atom stereocenters. The van der Waals surface area contributed by atoms with E-state index in [2.05, 4.69) is 4.37 Å². The number of rotatable bonds is 3. The summed E-state index contributed by atoms with van der Waals surface area (Å²) >= 11 is 1.27. The summed E-state index contributed by atoms with van der Waals surface area (Å²) in [7, 11) is 0. The van der Waals surface area contributed by atoms with Crippen LogP contribution in [0.1, 0.15) is 34.3 Å². The normalized spacial score (nSPS) is 10.2. The van der Waals surface area contributed by atoms with Crippen LogP contribution in [0.25, 0.3) is 0 Å². The van der Waals surface area contributed by atoms with Crippen molar-refractivity contribution in [2.24, 2.45) is 0 Å². The van der Waals surface area contributed by atoms with Crippen molar-refractivity contribution in [2.75, 3.05) is 0 Å². The second-order valence-corrected chi connectivity index (χ2v) is 3.59. The van der Waals surface area contributed by atoms with Crippen LogP contribution in [0.4, 0.5) is 0 Å². The molecule has 1 N–H and O–H groups in total. The van der Waals surface area contributed by atoms with E-state index < -0.39 is 5.97 Å². The van der Waals surface area contributed by atoms with Crippen LogP contribution in [0.15, 0.2) is 0 Å². The molecule has 0 unspecified atom stereocenters. The Morgan fingerprint density at radius 3 is 2.83 bits per heavy atom. The average Bonchev–Trinajstić information content (AvgIpc) is 2.32. The number of aromatic nitrogens is 1. The smallest absolute Gasteiger partial charge is 0.338 e. The highest BCUT2D eigenvalue weighted by Gasteiger charge is 2.15. The van der Waals surface area contributed by atoms with Crippen molar-refractivity contribution in [2.45, 2.75) is 26.7 Å². The highest BCUT2D eigenvalue weighted by molar-refractivity contribution is 7.06. The highest BCUT2D eigenvalue weighted by Crippen LogP contribution is 2.18. The molecule has 12 heavy (non-hydrogen) atoms. The van der Waals surface area contributed by atoms with E-state index in [9.17, 15) is 4.79 Å². The standard InChI is InChI=1S/C8H11NO2S/c1-3-4-6-7(8(10)11)5(2)12-9-6/h3-4H2,1-2H3,(H,10,11). The predicted octanol–water partition coefficient (Wildman–Crippen LogP) is 2.10. The van der Waals surface area contributed by atoms with Gasteiger partial charge in [0, 0.05) is 4.88 Å². The zero-order chi connectivity index (χ0) is 9.14. The number of nitrogens with zero attached hydrogens (tertiary/aromatic N) is 1. The molecular weight excluding hydrogens is 174 g/mol. The third-order valence-electron chi connectivity index (χ3n) is 1.63. The zero-order valence-electron chi connectivity index (χ0n) is 7.13. The second-order valence-electron chi connectivity index (χ2n) is 2.62. The van der Waals surface area contributed by atoms with E-state index in [4.69, 9.17) is 5.11 Å². The molecule has 0 fully saturated rings. The molecule has 1 aromatic rings. The lowest BCUT2D eigenvalue weighted by atomic mass is 10.1. The summed E-state index contributed by atoms with van der Waals surface area (Å²) in [4.78, 5) is 11.5. The van der Waals surface area contributed by atoms with Crippen molar-refractivity contribution in [1.29, 1.82) is 0 Å². The third kappa shape index (κ3) is 1.64. The lowest BCUT2D eigenvalue weighted by Crippen LogP contribution is -2.01. The van der Waals surface area contributed by atoms with Gasteiger partial charge < -0.3 is 5.11 Å². The summed E-state index contributed by atoms with van der Waals surface area (Å²) in [5.74, 6) is -0.857. The van der Waals surface area contributed by atoms with E-state index in [1.54, 1.807) is 6.92 Å². The van der Waals surface area contributed by atoms with Crippen LogP contribution in [0.5, 0.6) is 0 Å². The Morgan fingerprint density at radius 2 is 2.33 bits per heavy atom. The lowest BCUT2D eigenvalue weighted by Gasteiger charge is -1.95. The summed E-state index contributed by atoms with van der Waals surface area (Å²) in [5.41, 5.74) is 1.13. The zero-order valence-corrected chi connectivity index (χ0v) is 7.94. The molecule has 1 aromatic heterocycles. The van der Waals surface area contributed by atoms with Crippen molar-refractivity contribution in [3.05, 3.63) is 16.1 Å². The molecule has 66 valence electrons. The number of hydrogen-bond acceptors (Lipinski definition) is 3. The Morgan fingerprint density at radius 1 is 1.67 bits per heavy atom. The van der Waals surface area contributed by atoms with Crippen molar-refractivity contribution in [3.8, 4) is 0 Å². The van der Waals surface area contributed by atoms with Crippen LogP contribution in [-0.4, -0.2) is 15.4 Å². The second kappa shape index (κ2) is 3.67. The van der Waals surface area contributed by atoms with Crippen molar-refractivity contribution in [1.82, 2.24) is 4.37 Å². The Hall–Kier alpha value is -0.900. The minimum Gasteiger partial charge on any atom is -0.478 e. The molecule has 1 heterocycles. The van der Waals surface area contributed by atoms with Crippen LogP contribution >= 0.6 is 11.5 Å². The number of hydrogen-bond donors (Lipinski definition) is 1. The van der Waals surface area contributed by atoms with Gasteiger partial charge in [0.05, 0.1) is 11.3 Å². The van der Waals surface area contributed by atoms with Crippen molar-refractivity contribution < 1.29 is 9.90 Å². The molecule has 0 amide bonds. The van der Waals surface area contributed by atoms with Crippen molar-refractivity contribution in [3.63, 3.8) is 0 Å². The molecule has 0 aliphatic rings. The molecule has 0 aromatic carbocycles. The summed E-state index contributed by atoms with van der Waals surface area (Å²) in [6.07, 6.45) is 1.69. The van der Waals surface area contributed by atoms with Gasteiger partial charge in [-0.05, 0) is 24.9 Å². The monoisotopic (exact) mass is 185 g/mol. The molecule has 4 heteroatoms. The fourth-order valence-electron chi connectivity index (χ4n) is 1.10. The first-order chi connectivity index (χ1) is 5.66. The van der Waals surface area contributed by atoms with Gasteiger partial charge in [-0.3, -0.25) is 0 Å². The Balaban J connectivity index is 3.04. The minimum absolute atomic E-state index is 0.404. The first-order valence-electron chi connectivity index (χ1n) is 3.85. The first kappa shape index (κ1) is 9.19. The van der Waals surface area contributed by atoms with Gasteiger partial charge in [0.15, 0.2) is 0 Å². The predicted molar refractivity (Wildman–Crippen MR) is 47.8 cm³/mol. The average molecular weight is 185 g/mol. The largest absolute Gasteiger partial charge is 0.478 e. The van der Waals surface area contributed by atoms with E-state index in [1.165, 1.54) is 11.5 Å². The maximum atomic E-state index is 10.7. The summed E-state index contributed by atoms with van der Waals surface area (Å²) < 4.78 is 4.09. The van der Waals surface area contributed by atoms with Gasteiger partial charge in [-0.2, -0.15) is 4.37 Å². The lowest BCUT2D eigenvalue weighted by molar-refractivity contribution is 0.0695. The fraction of sp³-hybridized carbons (Fsp3) is 0.500. The summed E-state index contributed by atoms with van der Waals surface area (Å²) in [6.45, 7) is 3.81. The van der Waals surface area contributed by atoms with Gasteiger partial charge in [0.25, 0.3) is 0 Å². The van der Waals surface area contributed by atoms with Crippen LogP contribution in [0, 0.1) is 6.92 Å². The number of carboxylic acid groups (broad SMARTS) is 1. The topological polar surface area (TPSA) is 50.2 Å². The SMILES string of the molecule is CCCc1nsc(C)c1C(=O)O. The van der Waals surface area contributed by atoms with Gasteiger partial charge in [-0.1, -0.05) is 13.3 Å². The Bertz CT molecular complexity index is 293. The molecular formula is C8H11NO2S. The molecule has 0 radical (unpaired) electrons. The molecule has 0 saturated heterocycles. The van der Waals surface area contributed by atoms with Crippen molar-refractivity contribution >= 4 is 17.5 Å². The van der Waals surface area contributed by atoms with Gasteiger partial charge in [-0.15, -0.1) is 0 Å². The van der Waals surface area contributed by atoms with E-state index in [0.29, 0.717) is 5.56 Å². The van der Waals surface area contributed by atoms with E-state index in [0.717, 1.165) is 23.4 Å². The summed E-state index contributed by atoms with van der Waals surface area (Å²) in [6, 6.07) is 0. The molecule has 1 rings (SSSR count). The summed E-state index contributed by atoms with van der Waals surface area (Å²) in [5, 5.41) is 8.83. The number of carboxylic acids is 1. The van der Waals surface area contributed by atoms with Crippen LogP contribution < -0.4 is 0 Å². The van der Waals surface area contributed by atoms with Crippen LogP contribution in [0.2, 0.25) is 0 Å². The Labute approximate surface area is 75.2 Å². The molecule has 3 nitrogen and oxygen atoms in total. The highest BCUT2D eigenvalue weighted by atomic mass is 32.1. The quantitative estimate of drug-likeness (QED) is 0.784. The molecule has 0 spiro atoms. The van der Waals surface area contributed by atoms with Crippen LogP contribution in [-0.2, 0) is 6.42 Å². The van der Waals surface area contributed by atoms with Gasteiger partial charge in [0.2, 0.25) is 0 Å². The Kier molecular flexibility index (Phi) is 2.81. The van der Waals surface area contributed by atoms with Gasteiger partial charge in [0.1, 0.15) is 0 Å². The molecule has 0 aliphatic carbocycles. The van der Waals surface area contributed by atoms with Crippen LogP contribution in [0.3, 0.4) is 0 Å². The number of carbonyl (C=O) groups is 1. The van der Waals surface area contributed by atoms with E-state index >= 15 is 0 Å².